The second-order valence-electron chi connectivity index (χ2n) is 4.07. The summed E-state index contributed by atoms with van der Waals surface area (Å²) in [6.07, 6.45) is 1.82. The lowest BCUT2D eigenvalue weighted by atomic mass is 10.0. The van der Waals surface area contributed by atoms with Gasteiger partial charge < -0.3 is 14.8 Å². The summed E-state index contributed by atoms with van der Waals surface area (Å²) in [5, 5.41) is 13.4. The lowest BCUT2D eigenvalue weighted by Crippen LogP contribution is -2.24. The Labute approximate surface area is 93.7 Å². The SMILES string of the molecule is OC(c1ccco1)C1Cc2ccccc2N1. The minimum absolute atomic E-state index is 0.00329. The van der Waals surface area contributed by atoms with Crippen LogP contribution in [0.4, 0.5) is 5.69 Å². The molecule has 0 bridgehead atoms. The van der Waals surface area contributed by atoms with Crippen molar-refractivity contribution in [3.63, 3.8) is 0 Å². The van der Waals surface area contributed by atoms with Crippen LogP contribution >= 0.6 is 0 Å². The van der Waals surface area contributed by atoms with Gasteiger partial charge in [-0.2, -0.15) is 0 Å². The molecule has 3 nitrogen and oxygen atoms in total. The van der Waals surface area contributed by atoms with Crippen LogP contribution in [0, 0.1) is 0 Å². The number of para-hydroxylation sites is 1. The number of nitrogens with one attached hydrogen (secondary N) is 1. The number of aliphatic hydroxyl groups excluding tert-OH is 1. The average Bonchev–Trinajstić information content (AvgIpc) is 2.97. The van der Waals surface area contributed by atoms with E-state index in [0.717, 1.165) is 12.1 Å². The molecule has 1 aromatic carbocycles. The predicted molar refractivity (Wildman–Crippen MR) is 61.2 cm³/mol. The number of hydrogen-bond acceptors (Lipinski definition) is 3. The molecule has 0 saturated heterocycles. The summed E-state index contributed by atoms with van der Waals surface area (Å²) in [7, 11) is 0. The maximum Gasteiger partial charge on any atom is 0.134 e. The van der Waals surface area contributed by atoms with Gasteiger partial charge in [-0.25, -0.2) is 0 Å². The highest BCUT2D eigenvalue weighted by Gasteiger charge is 2.28. The average molecular weight is 215 g/mol. The molecule has 3 rings (SSSR count). The molecule has 3 heteroatoms. The first kappa shape index (κ1) is 9.48. The standard InChI is InChI=1S/C13H13NO2/c15-13(12-6-3-7-16-12)11-8-9-4-1-2-5-10(9)14-11/h1-7,11,13-15H,8H2. The van der Waals surface area contributed by atoms with Crippen molar-refractivity contribution in [1.29, 1.82) is 0 Å². The van der Waals surface area contributed by atoms with Gasteiger partial charge in [0.15, 0.2) is 0 Å². The molecule has 0 radical (unpaired) electrons. The van der Waals surface area contributed by atoms with Gasteiger partial charge in [-0.3, -0.25) is 0 Å². The van der Waals surface area contributed by atoms with Crippen molar-refractivity contribution in [3.8, 4) is 0 Å². The third-order valence-electron chi connectivity index (χ3n) is 3.01. The second-order valence-corrected chi connectivity index (χ2v) is 4.07. The monoisotopic (exact) mass is 215 g/mol. The molecule has 1 aliphatic rings. The van der Waals surface area contributed by atoms with Gasteiger partial charge in [-0.1, -0.05) is 18.2 Å². The fourth-order valence-corrected chi connectivity index (χ4v) is 2.18. The quantitative estimate of drug-likeness (QED) is 0.808. The van der Waals surface area contributed by atoms with Gasteiger partial charge in [0.25, 0.3) is 0 Å². The first-order valence-electron chi connectivity index (χ1n) is 5.40. The maximum absolute atomic E-state index is 10.1. The van der Waals surface area contributed by atoms with Crippen LogP contribution in [0.15, 0.2) is 47.1 Å². The molecule has 1 aliphatic heterocycles. The minimum atomic E-state index is -0.595. The summed E-state index contributed by atoms with van der Waals surface area (Å²) in [6.45, 7) is 0. The molecule has 0 saturated carbocycles. The van der Waals surface area contributed by atoms with Gasteiger partial charge in [0.05, 0.1) is 12.3 Å². The topological polar surface area (TPSA) is 45.4 Å². The van der Waals surface area contributed by atoms with E-state index < -0.39 is 6.10 Å². The van der Waals surface area contributed by atoms with E-state index in [1.807, 2.05) is 18.2 Å². The summed E-state index contributed by atoms with van der Waals surface area (Å²) in [4.78, 5) is 0. The lowest BCUT2D eigenvalue weighted by molar-refractivity contribution is 0.130. The number of rotatable bonds is 2. The number of anilines is 1. The zero-order valence-electron chi connectivity index (χ0n) is 8.76. The molecule has 0 spiro atoms. The summed E-state index contributed by atoms with van der Waals surface area (Å²) >= 11 is 0. The van der Waals surface area contributed by atoms with Gasteiger partial charge in [0.1, 0.15) is 11.9 Å². The normalized spacial score (nSPS) is 20.2. The van der Waals surface area contributed by atoms with E-state index in [2.05, 4.69) is 11.4 Å². The number of aliphatic hydroxyl groups is 1. The first-order valence-corrected chi connectivity index (χ1v) is 5.40. The molecule has 0 amide bonds. The maximum atomic E-state index is 10.1. The summed E-state index contributed by atoms with van der Waals surface area (Å²) < 4.78 is 5.22. The molecule has 0 fully saturated rings. The van der Waals surface area contributed by atoms with Crippen LogP contribution < -0.4 is 5.32 Å². The van der Waals surface area contributed by atoms with E-state index in [0.29, 0.717) is 5.76 Å². The van der Waals surface area contributed by atoms with Gasteiger partial charge in [-0.15, -0.1) is 0 Å². The Morgan fingerprint density at radius 2 is 2.12 bits per heavy atom. The summed E-state index contributed by atoms with van der Waals surface area (Å²) in [5.74, 6) is 0.616. The van der Waals surface area contributed by atoms with Gasteiger partial charge in [0, 0.05) is 5.69 Å². The van der Waals surface area contributed by atoms with Crippen LogP contribution in [0.2, 0.25) is 0 Å². The van der Waals surface area contributed by atoms with Crippen LogP contribution in [0.3, 0.4) is 0 Å². The van der Waals surface area contributed by atoms with Gasteiger partial charge in [0.2, 0.25) is 0 Å². The van der Waals surface area contributed by atoms with Crippen molar-refractivity contribution in [2.24, 2.45) is 0 Å². The first-order chi connectivity index (χ1) is 7.84. The largest absolute Gasteiger partial charge is 0.467 e. The number of fused-ring (bicyclic) bond motifs is 1. The molecule has 2 aromatic rings. The molecule has 16 heavy (non-hydrogen) atoms. The van der Waals surface area contributed by atoms with Crippen molar-refractivity contribution >= 4 is 5.69 Å². The van der Waals surface area contributed by atoms with E-state index in [1.165, 1.54) is 5.56 Å². The fraction of sp³-hybridized carbons (Fsp3) is 0.231. The van der Waals surface area contributed by atoms with Crippen molar-refractivity contribution in [1.82, 2.24) is 0 Å². The third-order valence-corrected chi connectivity index (χ3v) is 3.01. The number of benzene rings is 1. The minimum Gasteiger partial charge on any atom is -0.467 e. The second kappa shape index (κ2) is 3.68. The Hall–Kier alpha value is -1.74. The van der Waals surface area contributed by atoms with Crippen LogP contribution in [0.25, 0.3) is 0 Å². The van der Waals surface area contributed by atoms with Crippen LogP contribution in [-0.2, 0) is 6.42 Å². The van der Waals surface area contributed by atoms with E-state index in [-0.39, 0.29) is 6.04 Å². The smallest absolute Gasteiger partial charge is 0.134 e. The van der Waals surface area contributed by atoms with Crippen LogP contribution in [0.5, 0.6) is 0 Å². The van der Waals surface area contributed by atoms with Crippen LogP contribution in [-0.4, -0.2) is 11.1 Å². The molecular weight excluding hydrogens is 202 g/mol. The van der Waals surface area contributed by atoms with Crippen molar-refractivity contribution in [2.45, 2.75) is 18.6 Å². The number of furan rings is 1. The molecule has 1 aromatic heterocycles. The molecule has 0 aliphatic carbocycles. The van der Waals surface area contributed by atoms with Gasteiger partial charge >= 0.3 is 0 Å². The summed E-state index contributed by atoms with van der Waals surface area (Å²) in [6, 6.07) is 11.7. The molecular formula is C13H13NO2. The van der Waals surface area contributed by atoms with Crippen LogP contribution in [0.1, 0.15) is 17.4 Å². The Morgan fingerprint density at radius 3 is 2.88 bits per heavy atom. The van der Waals surface area contributed by atoms with E-state index in [1.54, 1.807) is 18.4 Å². The zero-order chi connectivity index (χ0) is 11.0. The van der Waals surface area contributed by atoms with E-state index in [4.69, 9.17) is 4.42 Å². The Bertz CT molecular complexity index is 453. The molecule has 2 N–H and O–H groups in total. The molecule has 2 atom stereocenters. The van der Waals surface area contributed by atoms with E-state index >= 15 is 0 Å². The highest BCUT2D eigenvalue weighted by Crippen LogP contribution is 2.31. The van der Waals surface area contributed by atoms with Gasteiger partial charge in [-0.05, 0) is 30.2 Å². The highest BCUT2D eigenvalue weighted by molar-refractivity contribution is 5.57. The summed E-state index contributed by atoms with van der Waals surface area (Å²) in [5.41, 5.74) is 2.36. The Kier molecular flexibility index (Phi) is 2.18. The highest BCUT2D eigenvalue weighted by atomic mass is 16.4. The molecule has 2 heterocycles. The van der Waals surface area contributed by atoms with Crippen molar-refractivity contribution < 1.29 is 9.52 Å². The fourth-order valence-electron chi connectivity index (χ4n) is 2.18. The Balaban J connectivity index is 1.81. The zero-order valence-corrected chi connectivity index (χ0v) is 8.76. The molecule has 2 unspecified atom stereocenters. The lowest BCUT2D eigenvalue weighted by Gasteiger charge is -2.16. The van der Waals surface area contributed by atoms with Crippen molar-refractivity contribution in [2.75, 3.05) is 5.32 Å². The van der Waals surface area contributed by atoms with E-state index in [9.17, 15) is 5.11 Å². The molecule has 82 valence electrons. The number of hydrogen-bond donors (Lipinski definition) is 2. The predicted octanol–water partition coefficient (Wildman–Crippen LogP) is 2.35. The van der Waals surface area contributed by atoms with Crippen molar-refractivity contribution in [3.05, 3.63) is 54.0 Å². The third kappa shape index (κ3) is 1.49. The Morgan fingerprint density at radius 1 is 1.25 bits per heavy atom.